The Balaban J connectivity index is 1.58. The van der Waals surface area contributed by atoms with Crippen molar-refractivity contribution < 1.29 is 18.8 Å². The summed E-state index contributed by atoms with van der Waals surface area (Å²) in [5, 5.41) is 5.28. The van der Waals surface area contributed by atoms with Gasteiger partial charge in [0.05, 0.1) is 25.9 Å². The van der Waals surface area contributed by atoms with Gasteiger partial charge in [-0.15, -0.1) is 0 Å². The van der Waals surface area contributed by atoms with Crippen LogP contribution in [-0.2, 0) is 16.1 Å². The lowest BCUT2D eigenvalue weighted by Crippen LogP contribution is -2.67. The molecule has 3 rings (SSSR count). The summed E-state index contributed by atoms with van der Waals surface area (Å²) in [6.45, 7) is 1.34. The molecule has 8 nitrogen and oxygen atoms in total. The second-order valence-corrected chi connectivity index (χ2v) is 5.00. The second-order valence-electron chi connectivity index (χ2n) is 5.00. The zero-order valence-electron chi connectivity index (χ0n) is 11.4. The Bertz CT molecular complexity index is 557. The van der Waals surface area contributed by atoms with Gasteiger partial charge in [0.15, 0.2) is 0 Å². The average Bonchev–Trinajstić information content (AvgIpc) is 3.02. The number of fused-ring (bicyclic) bond motifs is 1. The van der Waals surface area contributed by atoms with Crippen molar-refractivity contribution >= 4 is 17.8 Å². The Hall–Kier alpha value is -2.51. The van der Waals surface area contributed by atoms with Crippen LogP contribution >= 0.6 is 0 Å². The lowest BCUT2D eigenvalue weighted by atomic mass is 10.1. The van der Waals surface area contributed by atoms with Crippen LogP contribution in [0.5, 0.6) is 0 Å². The van der Waals surface area contributed by atoms with E-state index in [0.29, 0.717) is 25.4 Å². The van der Waals surface area contributed by atoms with Gasteiger partial charge in [0.25, 0.3) is 0 Å². The predicted molar refractivity (Wildman–Crippen MR) is 71.0 cm³/mol. The molecule has 2 aliphatic rings. The molecule has 0 aliphatic carbocycles. The lowest BCUT2D eigenvalue weighted by molar-refractivity contribution is -0.148. The van der Waals surface area contributed by atoms with Crippen LogP contribution in [0.4, 0.5) is 4.79 Å². The normalized spacial score (nSPS) is 21.8. The average molecular weight is 292 g/mol. The van der Waals surface area contributed by atoms with Gasteiger partial charge >= 0.3 is 6.03 Å². The molecule has 2 N–H and O–H groups in total. The van der Waals surface area contributed by atoms with E-state index in [1.54, 1.807) is 17.0 Å². The van der Waals surface area contributed by atoms with Crippen LogP contribution in [0.2, 0.25) is 0 Å². The van der Waals surface area contributed by atoms with Crippen molar-refractivity contribution in [3.63, 3.8) is 0 Å². The highest BCUT2D eigenvalue weighted by Crippen LogP contribution is 2.13. The third kappa shape index (κ3) is 2.69. The van der Waals surface area contributed by atoms with E-state index in [0.717, 1.165) is 0 Å². The zero-order chi connectivity index (χ0) is 14.8. The maximum atomic E-state index is 12.1. The first-order valence-corrected chi connectivity index (χ1v) is 6.77. The molecule has 0 bridgehead atoms. The van der Waals surface area contributed by atoms with Crippen LogP contribution in [0.25, 0.3) is 0 Å². The smallest absolute Gasteiger partial charge is 0.317 e. The number of piperazine rings is 2. The molecule has 2 fully saturated rings. The van der Waals surface area contributed by atoms with Gasteiger partial charge in [0.2, 0.25) is 11.8 Å². The zero-order valence-corrected chi connectivity index (χ0v) is 11.4. The molecule has 21 heavy (non-hydrogen) atoms. The molecule has 0 aromatic carbocycles. The number of hydrogen-bond acceptors (Lipinski definition) is 4. The summed E-state index contributed by atoms with van der Waals surface area (Å²) in [7, 11) is 0. The summed E-state index contributed by atoms with van der Waals surface area (Å²) in [5.41, 5.74) is 0. The van der Waals surface area contributed by atoms with Crippen LogP contribution < -0.4 is 10.6 Å². The Morgan fingerprint density at radius 2 is 2.29 bits per heavy atom. The molecule has 3 heterocycles. The van der Waals surface area contributed by atoms with Crippen LogP contribution in [0.1, 0.15) is 5.76 Å². The molecule has 0 saturated carbocycles. The topological polar surface area (TPSA) is 94.9 Å². The van der Waals surface area contributed by atoms with E-state index in [9.17, 15) is 14.4 Å². The minimum Gasteiger partial charge on any atom is -0.467 e. The first kappa shape index (κ1) is 13.5. The second kappa shape index (κ2) is 5.47. The first-order valence-electron chi connectivity index (χ1n) is 6.77. The van der Waals surface area contributed by atoms with Gasteiger partial charge in [-0.1, -0.05) is 0 Å². The van der Waals surface area contributed by atoms with Gasteiger partial charge in [-0.25, -0.2) is 4.79 Å². The monoisotopic (exact) mass is 292 g/mol. The molecule has 0 unspecified atom stereocenters. The van der Waals surface area contributed by atoms with E-state index >= 15 is 0 Å². The summed E-state index contributed by atoms with van der Waals surface area (Å²) < 4.78 is 5.14. The number of hydrogen-bond donors (Lipinski definition) is 2. The number of urea groups is 1. The van der Waals surface area contributed by atoms with Gasteiger partial charge in [-0.3, -0.25) is 9.59 Å². The number of amides is 4. The Labute approximate surface area is 121 Å². The summed E-state index contributed by atoms with van der Waals surface area (Å²) in [6.07, 6.45) is 1.54. The minimum absolute atomic E-state index is 0.0417. The molecule has 1 atom stereocenters. The summed E-state index contributed by atoms with van der Waals surface area (Å²) in [5.74, 6) is 0.348. The van der Waals surface area contributed by atoms with Gasteiger partial charge in [-0.2, -0.15) is 0 Å². The molecule has 4 amide bonds. The molecule has 8 heteroatoms. The van der Waals surface area contributed by atoms with E-state index in [1.807, 2.05) is 0 Å². The molecule has 112 valence electrons. The maximum Gasteiger partial charge on any atom is 0.317 e. The largest absolute Gasteiger partial charge is 0.467 e. The fourth-order valence-electron chi connectivity index (χ4n) is 2.56. The van der Waals surface area contributed by atoms with Crippen LogP contribution in [0, 0.1) is 0 Å². The van der Waals surface area contributed by atoms with E-state index < -0.39 is 6.04 Å². The van der Waals surface area contributed by atoms with Crippen molar-refractivity contribution in [1.29, 1.82) is 0 Å². The number of furan rings is 1. The van der Waals surface area contributed by atoms with Crippen molar-refractivity contribution in [3.05, 3.63) is 24.2 Å². The third-order valence-corrected chi connectivity index (χ3v) is 3.70. The quantitative estimate of drug-likeness (QED) is 0.741. The highest BCUT2D eigenvalue weighted by atomic mass is 16.3. The van der Waals surface area contributed by atoms with Crippen molar-refractivity contribution in [2.75, 3.05) is 26.2 Å². The highest BCUT2D eigenvalue weighted by molar-refractivity contribution is 5.95. The SMILES string of the molecule is O=C1NCC(=O)N2CCN(C(=O)NCc3ccco3)C[C@H]12. The number of carbonyl (C=O) groups is 3. The van der Waals surface area contributed by atoms with E-state index in [4.69, 9.17) is 4.42 Å². The third-order valence-electron chi connectivity index (χ3n) is 3.70. The number of rotatable bonds is 2. The van der Waals surface area contributed by atoms with Gasteiger partial charge in [0, 0.05) is 13.1 Å². The lowest BCUT2D eigenvalue weighted by Gasteiger charge is -2.42. The van der Waals surface area contributed by atoms with Crippen LogP contribution in [0.15, 0.2) is 22.8 Å². The Morgan fingerprint density at radius 3 is 3.05 bits per heavy atom. The van der Waals surface area contributed by atoms with Crippen molar-refractivity contribution in [2.24, 2.45) is 0 Å². The summed E-state index contributed by atoms with van der Waals surface area (Å²) >= 11 is 0. The van der Waals surface area contributed by atoms with E-state index in [-0.39, 0.29) is 30.9 Å². The first-order chi connectivity index (χ1) is 10.1. The Kier molecular flexibility index (Phi) is 3.51. The number of carbonyl (C=O) groups excluding carboxylic acids is 3. The summed E-state index contributed by atoms with van der Waals surface area (Å²) in [6, 6.07) is 2.66. The fourth-order valence-corrected chi connectivity index (χ4v) is 2.56. The van der Waals surface area contributed by atoms with Crippen LogP contribution in [-0.4, -0.2) is 59.9 Å². The van der Waals surface area contributed by atoms with Crippen molar-refractivity contribution in [2.45, 2.75) is 12.6 Å². The molecule has 0 radical (unpaired) electrons. The van der Waals surface area contributed by atoms with Crippen LogP contribution in [0.3, 0.4) is 0 Å². The molecule has 2 aliphatic heterocycles. The summed E-state index contributed by atoms with van der Waals surface area (Å²) in [4.78, 5) is 38.7. The number of nitrogens with zero attached hydrogens (tertiary/aromatic N) is 2. The molecule has 0 spiro atoms. The van der Waals surface area contributed by atoms with Gasteiger partial charge in [-0.05, 0) is 12.1 Å². The van der Waals surface area contributed by atoms with E-state index in [1.165, 1.54) is 11.2 Å². The molecule has 1 aromatic rings. The van der Waals surface area contributed by atoms with Gasteiger partial charge < -0.3 is 24.9 Å². The molecule has 2 saturated heterocycles. The molecular weight excluding hydrogens is 276 g/mol. The van der Waals surface area contributed by atoms with Crippen molar-refractivity contribution in [1.82, 2.24) is 20.4 Å². The number of nitrogens with one attached hydrogen (secondary N) is 2. The maximum absolute atomic E-state index is 12.1. The van der Waals surface area contributed by atoms with Crippen molar-refractivity contribution in [3.8, 4) is 0 Å². The molecule has 1 aromatic heterocycles. The predicted octanol–water partition coefficient (Wildman–Crippen LogP) is -0.868. The highest BCUT2D eigenvalue weighted by Gasteiger charge is 2.39. The standard InChI is InChI=1S/C13H16N4O4/c18-11-7-14-12(19)10-8-16(3-4-17(10)11)13(20)15-6-9-2-1-5-21-9/h1-2,5,10H,3-4,6-8H2,(H,14,19)(H,15,20)/t10-/m1/s1. The molecular formula is C13H16N4O4. The van der Waals surface area contributed by atoms with Gasteiger partial charge in [0.1, 0.15) is 11.8 Å². The minimum atomic E-state index is -0.589. The Morgan fingerprint density at radius 1 is 1.43 bits per heavy atom. The van der Waals surface area contributed by atoms with E-state index in [2.05, 4.69) is 10.6 Å². The fraction of sp³-hybridized carbons (Fsp3) is 0.462.